The molecule has 0 radical (unpaired) electrons. The van der Waals surface area contributed by atoms with Gasteiger partial charge in [0.1, 0.15) is 5.65 Å². The van der Waals surface area contributed by atoms with Gasteiger partial charge in [-0.3, -0.25) is 10.4 Å². The van der Waals surface area contributed by atoms with E-state index in [1.54, 1.807) is 12.4 Å². The molecule has 0 bridgehead atoms. The highest BCUT2D eigenvalue weighted by Crippen LogP contribution is 2.19. The van der Waals surface area contributed by atoms with E-state index in [-0.39, 0.29) is 6.03 Å². The second-order valence-electron chi connectivity index (χ2n) is 4.26. The van der Waals surface area contributed by atoms with Crippen LogP contribution in [-0.4, -0.2) is 32.2 Å². The molecule has 0 spiro atoms. The fraction of sp³-hybridized carbons (Fsp3) is 0.154. The zero-order valence-electron chi connectivity index (χ0n) is 10.9. The molecule has 20 heavy (non-hydrogen) atoms. The molecule has 3 rings (SSSR count). The van der Waals surface area contributed by atoms with Crippen LogP contribution in [0.5, 0.6) is 0 Å². The maximum atomic E-state index is 11.5. The van der Waals surface area contributed by atoms with Crippen LogP contribution in [0, 0.1) is 0 Å². The number of fused-ring (bicyclic) bond motifs is 1. The van der Waals surface area contributed by atoms with Gasteiger partial charge in [0.25, 0.3) is 0 Å². The molecule has 102 valence electrons. The van der Waals surface area contributed by atoms with Crippen LogP contribution >= 0.6 is 0 Å². The fourth-order valence-corrected chi connectivity index (χ4v) is 1.95. The Balaban J connectivity index is 1.89. The van der Waals surface area contributed by atoms with Crippen LogP contribution in [0.2, 0.25) is 0 Å². The molecule has 0 fully saturated rings. The van der Waals surface area contributed by atoms with Gasteiger partial charge in [-0.25, -0.2) is 9.78 Å². The molecule has 3 aromatic rings. The summed E-state index contributed by atoms with van der Waals surface area (Å²) in [5.74, 6) is 0.512. The van der Waals surface area contributed by atoms with Gasteiger partial charge >= 0.3 is 6.03 Å². The Bertz CT molecular complexity index is 730. The molecule has 7 nitrogen and oxygen atoms in total. The number of H-pyrrole nitrogens is 1. The van der Waals surface area contributed by atoms with Gasteiger partial charge in [-0.2, -0.15) is 5.10 Å². The highest BCUT2D eigenvalue weighted by Gasteiger charge is 2.06. The summed E-state index contributed by atoms with van der Waals surface area (Å²) >= 11 is 0. The first-order chi connectivity index (χ1) is 9.76. The summed E-state index contributed by atoms with van der Waals surface area (Å²) in [4.78, 5) is 15.8. The highest BCUT2D eigenvalue weighted by atomic mass is 16.2. The average molecular weight is 270 g/mol. The molecule has 0 saturated carbocycles. The zero-order chi connectivity index (χ0) is 13.9. The molecular weight excluding hydrogens is 256 g/mol. The molecule has 0 aliphatic heterocycles. The Morgan fingerprint density at radius 3 is 3.10 bits per heavy atom. The summed E-state index contributed by atoms with van der Waals surface area (Å²) in [5, 5.41) is 12.2. The molecule has 7 heteroatoms. The number of aromatic amines is 1. The SMILES string of the molecule is CCNC(=O)Nc1cn2ccc(-c3ccn[nH]3)cc2n1. The normalized spacial score (nSPS) is 10.7. The highest BCUT2D eigenvalue weighted by molar-refractivity contribution is 5.88. The Morgan fingerprint density at radius 1 is 1.45 bits per heavy atom. The number of rotatable bonds is 3. The average Bonchev–Trinajstić information content (AvgIpc) is 3.06. The number of nitrogens with one attached hydrogen (secondary N) is 3. The lowest BCUT2D eigenvalue weighted by Crippen LogP contribution is -2.28. The molecule has 0 unspecified atom stereocenters. The number of aromatic nitrogens is 4. The third-order valence-corrected chi connectivity index (χ3v) is 2.85. The third kappa shape index (κ3) is 2.33. The number of anilines is 1. The van der Waals surface area contributed by atoms with Crippen LogP contribution in [0.15, 0.2) is 36.8 Å². The number of amides is 2. The van der Waals surface area contributed by atoms with E-state index in [9.17, 15) is 4.79 Å². The molecule has 0 saturated heterocycles. The van der Waals surface area contributed by atoms with Crippen LogP contribution in [0.1, 0.15) is 6.92 Å². The second-order valence-corrected chi connectivity index (χ2v) is 4.26. The predicted molar refractivity (Wildman–Crippen MR) is 75.5 cm³/mol. The maximum Gasteiger partial charge on any atom is 0.320 e. The molecule has 2 amide bonds. The van der Waals surface area contributed by atoms with Crippen molar-refractivity contribution in [1.29, 1.82) is 0 Å². The molecule has 3 N–H and O–H groups in total. The monoisotopic (exact) mass is 270 g/mol. The van der Waals surface area contributed by atoms with Crippen molar-refractivity contribution in [3.05, 3.63) is 36.8 Å². The van der Waals surface area contributed by atoms with Gasteiger partial charge in [0, 0.05) is 24.5 Å². The largest absolute Gasteiger partial charge is 0.338 e. The Morgan fingerprint density at radius 2 is 2.35 bits per heavy atom. The standard InChI is InChI=1S/C13H14N6O/c1-2-14-13(20)17-11-8-19-6-4-9(7-12(19)16-11)10-3-5-15-18-10/h3-8H,2H2,1H3,(H,15,18)(H2,14,17,20). The second kappa shape index (κ2) is 5.04. The summed E-state index contributed by atoms with van der Waals surface area (Å²) < 4.78 is 1.85. The molecule has 0 aromatic carbocycles. The number of carbonyl (C=O) groups excluding carboxylic acids is 1. The van der Waals surface area contributed by atoms with Crippen LogP contribution in [-0.2, 0) is 0 Å². The first-order valence-electron chi connectivity index (χ1n) is 6.29. The fourth-order valence-electron chi connectivity index (χ4n) is 1.95. The minimum absolute atomic E-state index is 0.260. The number of nitrogens with zero attached hydrogens (tertiary/aromatic N) is 3. The van der Waals surface area contributed by atoms with Crippen molar-refractivity contribution in [2.24, 2.45) is 0 Å². The van der Waals surface area contributed by atoms with Crippen molar-refractivity contribution in [2.75, 3.05) is 11.9 Å². The van der Waals surface area contributed by atoms with Gasteiger partial charge in [0.15, 0.2) is 5.82 Å². The van der Waals surface area contributed by atoms with Gasteiger partial charge in [-0.15, -0.1) is 0 Å². The van der Waals surface area contributed by atoms with Crippen LogP contribution in [0.4, 0.5) is 10.6 Å². The molecule has 0 aliphatic carbocycles. The van der Waals surface area contributed by atoms with Gasteiger partial charge in [0.05, 0.1) is 11.9 Å². The van der Waals surface area contributed by atoms with E-state index in [0.717, 1.165) is 16.9 Å². The van der Waals surface area contributed by atoms with Crippen molar-refractivity contribution in [3.8, 4) is 11.3 Å². The predicted octanol–water partition coefficient (Wildman–Crippen LogP) is 1.87. The van der Waals surface area contributed by atoms with E-state index in [0.29, 0.717) is 12.4 Å². The molecule has 0 aliphatic rings. The van der Waals surface area contributed by atoms with E-state index >= 15 is 0 Å². The Kier molecular flexibility index (Phi) is 3.08. The lowest BCUT2D eigenvalue weighted by molar-refractivity contribution is 0.252. The maximum absolute atomic E-state index is 11.5. The zero-order valence-corrected chi connectivity index (χ0v) is 10.9. The van der Waals surface area contributed by atoms with Gasteiger partial charge < -0.3 is 9.72 Å². The molecule has 3 heterocycles. The van der Waals surface area contributed by atoms with Crippen LogP contribution < -0.4 is 10.6 Å². The summed E-state index contributed by atoms with van der Waals surface area (Å²) in [6.45, 7) is 2.43. The van der Waals surface area contributed by atoms with Crippen molar-refractivity contribution >= 4 is 17.5 Å². The minimum Gasteiger partial charge on any atom is -0.338 e. The number of hydrogen-bond acceptors (Lipinski definition) is 3. The quantitative estimate of drug-likeness (QED) is 0.679. The Labute approximate surface area is 115 Å². The first kappa shape index (κ1) is 12.2. The molecule has 0 atom stereocenters. The van der Waals surface area contributed by atoms with Gasteiger partial charge in [-0.1, -0.05) is 0 Å². The summed E-state index contributed by atoms with van der Waals surface area (Å²) in [6, 6.07) is 5.52. The van der Waals surface area contributed by atoms with E-state index in [1.807, 2.05) is 35.7 Å². The summed E-state index contributed by atoms with van der Waals surface area (Å²) in [7, 11) is 0. The Hall–Kier alpha value is -2.83. The van der Waals surface area contributed by atoms with Gasteiger partial charge in [-0.05, 0) is 25.1 Å². The van der Waals surface area contributed by atoms with Crippen LogP contribution in [0.3, 0.4) is 0 Å². The van der Waals surface area contributed by atoms with Gasteiger partial charge in [0.2, 0.25) is 0 Å². The molecular formula is C13H14N6O. The minimum atomic E-state index is -0.260. The van der Waals surface area contributed by atoms with Crippen LogP contribution in [0.25, 0.3) is 16.9 Å². The number of imidazole rings is 1. The van der Waals surface area contributed by atoms with Crippen molar-refractivity contribution in [2.45, 2.75) is 6.92 Å². The van der Waals surface area contributed by atoms with E-state index in [1.165, 1.54) is 0 Å². The van der Waals surface area contributed by atoms with E-state index < -0.39 is 0 Å². The van der Waals surface area contributed by atoms with Crippen molar-refractivity contribution < 1.29 is 4.79 Å². The topological polar surface area (TPSA) is 87.1 Å². The summed E-state index contributed by atoms with van der Waals surface area (Å²) in [6.07, 6.45) is 5.36. The van der Waals surface area contributed by atoms with Crippen molar-refractivity contribution in [1.82, 2.24) is 24.9 Å². The number of carbonyl (C=O) groups is 1. The number of pyridine rings is 1. The summed E-state index contributed by atoms with van der Waals surface area (Å²) in [5.41, 5.74) is 2.67. The third-order valence-electron chi connectivity index (χ3n) is 2.85. The lowest BCUT2D eigenvalue weighted by Gasteiger charge is -2.00. The van der Waals surface area contributed by atoms with E-state index in [4.69, 9.17) is 0 Å². The smallest absolute Gasteiger partial charge is 0.320 e. The number of urea groups is 1. The lowest BCUT2D eigenvalue weighted by atomic mass is 10.2. The number of hydrogen-bond donors (Lipinski definition) is 3. The first-order valence-corrected chi connectivity index (χ1v) is 6.29. The van der Waals surface area contributed by atoms with Crippen molar-refractivity contribution in [3.63, 3.8) is 0 Å². The molecule has 3 aromatic heterocycles. The van der Waals surface area contributed by atoms with E-state index in [2.05, 4.69) is 25.8 Å².